The quantitative estimate of drug-likeness (QED) is 0.679. The Labute approximate surface area is 135 Å². The third-order valence-corrected chi connectivity index (χ3v) is 5.88. The smallest absolute Gasteiger partial charge is 0.426 e. The summed E-state index contributed by atoms with van der Waals surface area (Å²) >= 11 is 0. The topological polar surface area (TPSA) is 75.7 Å². The van der Waals surface area contributed by atoms with Gasteiger partial charge in [-0.2, -0.15) is 0 Å². The van der Waals surface area contributed by atoms with Crippen LogP contribution in [0.1, 0.15) is 60.3 Å². The summed E-state index contributed by atoms with van der Waals surface area (Å²) in [4.78, 5) is 0. The normalized spacial score (nSPS) is 38.4. The maximum atomic E-state index is 10.8. The van der Waals surface area contributed by atoms with Crippen LogP contribution in [0.3, 0.4) is 0 Å². The van der Waals surface area contributed by atoms with Gasteiger partial charge in [-0.15, -0.1) is 12.4 Å². The van der Waals surface area contributed by atoms with Gasteiger partial charge in [0.2, 0.25) is 0 Å². The van der Waals surface area contributed by atoms with E-state index in [1.165, 1.54) is 0 Å². The Kier molecular flexibility index (Phi) is 5.50. The molecule has 6 heteroatoms. The van der Waals surface area contributed by atoms with Crippen LogP contribution in [0.4, 0.5) is 0 Å². The maximum absolute atomic E-state index is 10.8. The van der Waals surface area contributed by atoms with Crippen molar-refractivity contribution in [3.8, 4) is 0 Å². The van der Waals surface area contributed by atoms with E-state index < -0.39 is 24.3 Å². The molecular formula is C15H31BClNO3. The lowest BCUT2D eigenvalue weighted by Gasteiger charge is -2.71. The predicted octanol–water partition coefficient (Wildman–Crippen LogP) is 2.15. The van der Waals surface area contributed by atoms with Crippen LogP contribution in [0, 0.1) is 17.3 Å². The van der Waals surface area contributed by atoms with E-state index in [0.717, 1.165) is 19.3 Å². The first kappa shape index (κ1) is 19.2. The highest BCUT2D eigenvalue weighted by Crippen LogP contribution is 2.67. The fourth-order valence-corrected chi connectivity index (χ4v) is 4.38. The van der Waals surface area contributed by atoms with Crippen LogP contribution in [0.5, 0.6) is 0 Å². The molecule has 3 aliphatic rings. The van der Waals surface area contributed by atoms with E-state index in [4.69, 9.17) is 10.4 Å². The molecule has 3 aliphatic carbocycles. The van der Waals surface area contributed by atoms with Crippen LogP contribution < -0.4 is 5.73 Å². The molecule has 0 amide bonds. The van der Waals surface area contributed by atoms with Crippen molar-refractivity contribution in [1.29, 1.82) is 0 Å². The molecule has 3 fully saturated rings. The second kappa shape index (κ2) is 6.01. The molecule has 3 saturated carbocycles. The van der Waals surface area contributed by atoms with Gasteiger partial charge in [-0.1, -0.05) is 27.7 Å². The summed E-state index contributed by atoms with van der Waals surface area (Å²) in [5, 5.41) is 21.1. The van der Waals surface area contributed by atoms with Gasteiger partial charge in [0.05, 0.1) is 11.2 Å². The lowest BCUT2D eigenvalue weighted by molar-refractivity contribution is -0.305. The number of aliphatic hydroxyl groups is 1. The molecule has 21 heavy (non-hydrogen) atoms. The molecule has 4 nitrogen and oxygen atoms in total. The highest BCUT2D eigenvalue weighted by molar-refractivity contribution is 6.45. The predicted molar refractivity (Wildman–Crippen MR) is 88.2 cm³/mol. The molecule has 4 N–H and O–H groups in total. The largest absolute Gasteiger partial charge is 0.472 e. The molecule has 2 bridgehead atoms. The van der Waals surface area contributed by atoms with E-state index in [2.05, 4.69) is 27.7 Å². The zero-order valence-electron chi connectivity index (χ0n) is 13.9. The van der Waals surface area contributed by atoms with Gasteiger partial charge in [-0.3, -0.25) is 0 Å². The number of hydrogen-bond donors (Lipinski definition) is 3. The van der Waals surface area contributed by atoms with Crippen LogP contribution in [-0.2, 0) is 4.65 Å². The van der Waals surface area contributed by atoms with Crippen LogP contribution >= 0.6 is 12.4 Å². The first-order valence-corrected chi connectivity index (χ1v) is 7.87. The van der Waals surface area contributed by atoms with Gasteiger partial charge in [-0.25, -0.2) is 0 Å². The van der Waals surface area contributed by atoms with E-state index in [0.29, 0.717) is 18.3 Å². The van der Waals surface area contributed by atoms with E-state index in [9.17, 15) is 10.1 Å². The monoisotopic (exact) mass is 319 g/mol. The highest BCUT2D eigenvalue weighted by atomic mass is 35.5. The van der Waals surface area contributed by atoms with Crippen molar-refractivity contribution in [2.24, 2.45) is 23.0 Å². The average Bonchev–Trinajstić information content (AvgIpc) is 2.29. The minimum Gasteiger partial charge on any atom is -0.426 e. The van der Waals surface area contributed by atoms with Gasteiger partial charge in [-0.05, 0) is 49.9 Å². The molecular weight excluding hydrogens is 288 g/mol. The van der Waals surface area contributed by atoms with Gasteiger partial charge in [0.15, 0.2) is 0 Å². The average molecular weight is 320 g/mol. The summed E-state index contributed by atoms with van der Waals surface area (Å²) in [6.45, 7) is 10.3. The van der Waals surface area contributed by atoms with Crippen LogP contribution in [0.15, 0.2) is 0 Å². The summed E-state index contributed by atoms with van der Waals surface area (Å²) in [6, 6.07) is 0. The van der Waals surface area contributed by atoms with Crippen molar-refractivity contribution in [1.82, 2.24) is 0 Å². The summed E-state index contributed by atoms with van der Waals surface area (Å²) in [5.74, 6) is 0.572. The van der Waals surface area contributed by atoms with Crippen LogP contribution in [0.25, 0.3) is 0 Å². The van der Waals surface area contributed by atoms with E-state index in [1.54, 1.807) is 0 Å². The minimum absolute atomic E-state index is 0. The lowest BCUT2D eigenvalue weighted by atomic mass is 9.40. The first-order valence-electron chi connectivity index (χ1n) is 7.87. The van der Waals surface area contributed by atoms with Crippen molar-refractivity contribution in [3.05, 3.63) is 0 Å². The number of hydrogen-bond acceptors (Lipinski definition) is 4. The van der Waals surface area contributed by atoms with Crippen molar-refractivity contribution in [2.75, 3.05) is 0 Å². The molecule has 124 valence electrons. The lowest BCUT2D eigenvalue weighted by Crippen LogP contribution is -2.77. The summed E-state index contributed by atoms with van der Waals surface area (Å²) in [5.41, 5.74) is 4.35. The van der Waals surface area contributed by atoms with Gasteiger partial charge in [0, 0.05) is 5.94 Å². The molecule has 0 saturated heterocycles. The van der Waals surface area contributed by atoms with Crippen molar-refractivity contribution >= 4 is 19.5 Å². The molecule has 0 heterocycles. The second-order valence-electron chi connectivity index (χ2n) is 8.06. The highest BCUT2D eigenvalue weighted by Gasteiger charge is 2.71. The first-order chi connectivity index (χ1) is 9.03. The van der Waals surface area contributed by atoms with E-state index >= 15 is 0 Å². The standard InChI is InChI=1S/C15H30BNO3.ClH/c1-10(2)8-12(17)16(19)20-15-9-11(13(15,3)4)6-7-14(15,5)18;/h10-12,18-19H,6-9,17H2,1-5H3;1H. The van der Waals surface area contributed by atoms with Gasteiger partial charge in [0.25, 0.3) is 0 Å². The van der Waals surface area contributed by atoms with Gasteiger partial charge >= 0.3 is 7.12 Å². The Bertz CT molecular complexity index is 368. The molecule has 0 spiro atoms. The third kappa shape index (κ3) is 2.88. The fourth-order valence-electron chi connectivity index (χ4n) is 4.38. The number of nitrogens with two attached hydrogens (primary N) is 1. The Morgan fingerprint density at radius 3 is 2.33 bits per heavy atom. The van der Waals surface area contributed by atoms with Gasteiger partial charge < -0.3 is 20.5 Å². The van der Waals surface area contributed by atoms with Crippen molar-refractivity contribution in [3.63, 3.8) is 0 Å². The van der Waals surface area contributed by atoms with Crippen molar-refractivity contribution < 1.29 is 14.8 Å². The Morgan fingerprint density at radius 1 is 1.33 bits per heavy atom. The number of halogens is 1. The summed E-state index contributed by atoms with van der Waals surface area (Å²) in [7, 11) is -1.01. The maximum Gasteiger partial charge on any atom is 0.472 e. The summed E-state index contributed by atoms with van der Waals surface area (Å²) < 4.78 is 6.02. The zero-order valence-corrected chi connectivity index (χ0v) is 14.7. The van der Waals surface area contributed by atoms with Crippen molar-refractivity contribution in [2.45, 2.75) is 77.4 Å². The zero-order chi connectivity index (χ0) is 15.3. The molecule has 0 radical (unpaired) electrons. The molecule has 4 atom stereocenters. The Hall–Kier alpha value is 0.195. The SMILES string of the molecule is CC(C)CC(N)B(O)OC12CC(CCC1(C)O)C2(C)C.Cl. The number of rotatable bonds is 5. The van der Waals surface area contributed by atoms with Crippen LogP contribution in [0.2, 0.25) is 0 Å². The summed E-state index contributed by atoms with van der Waals surface area (Å²) in [6.07, 6.45) is 3.29. The molecule has 4 unspecified atom stereocenters. The minimum atomic E-state index is -1.01. The second-order valence-corrected chi connectivity index (χ2v) is 8.06. The third-order valence-electron chi connectivity index (χ3n) is 5.88. The number of fused-ring (bicyclic) bond motifs is 2. The van der Waals surface area contributed by atoms with Gasteiger partial charge in [0.1, 0.15) is 0 Å². The molecule has 3 rings (SSSR count). The molecule has 0 aromatic carbocycles. The molecule has 0 aromatic heterocycles. The van der Waals surface area contributed by atoms with E-state index in [1.807, 2.05) is 6.92 Å². The molecule has 0 aromatic rings. The van der Waals surface area contributed by atoms with Crippen LogP contribution in [-0.4, -0.2) is 34.4 Å². The van der Waals surface area contributed by atoms with E-state index in [-0.39, 0.29) is 17.8 Å². The Balaban J connectivity index is 0.00000220. The Morgan fingerprint density at radius 2 is 1.90 bits per heavy atom. The fraction of sp³-hybridized carbons (Fsp3) is 1.00. The molecule has 0 aliphatic heterocycles.